The number of esters is 1. The molecule has 29 heavy (non-hydrogen) atoms. The van der Waals surface area contributed by atoms with Crippen LogP contribution in [-0.2, 0) is 20.5 Å². The molecule has 1 aromatic rings. The number of carbonyl (C=O) groups is 3. The maximum Gasteiger partial charge on any atom is 0.433 e. The number of amides is 2. The summed E-state index contributed by atoms with van der Waals surface area (Å²) in [6.45, 7) is 5.71. The van der Waals surface area contributed by atoms with Crippen LogP contribution in [0, 0.1) is 5.92 Å². The molecular formula is C18H21F3N4O4. The summed E-state index contributed by atoms with van der Waals surface area (Å²) in [5.74, 6) is -1.91. The first-order valence-electron chi connectivity index (χ1n) is 9.19. The number of likely N-dealkylation sites (tertiary alicyclic amines) is 2. The summed E-state index contributed by atoms with van der Waals surface area (Å²) in [7, 11) is 0. The number of rotatable bonds is 5. The van der Waals surface area contributed by atoms with Crippen molar-refractivity contribution < 1.29 is 32.3 Å². The molecular weight excluding hydrogens is 393 g/mol. The molecule has 3 heterocycles. The molecule has 0 aliphatic carbocycles. The lowest BCUT2D eigenvalue weighted by atomic mass is 9.98. The fourth-order valence-electron chi connectivity index (χ4n) is 3.62. The van der Waals surface area contributed by atoms with Gasteiger partial charge in [0.05, 0.1) is 24.8 Å². The molecule has 0 saturated carbocycles. The maximum atomic E-state index is 13.6. The highest BCUT2D eigenvalue weighted by molar-refractivity contribution is 5.91. The summed E-state index contributed by atoms with van der Waals surface area (Å²) >= 11 is 0. The van der Waals surface area contributed by atoms with Gasteiger partial charge in [-0.2, -0.15) is 18.3 Å². The molecule has 1 unspecified atom stereocenters. The molecule has 0 N–H and O–H groups in total. The number of aromatic nitrogens is 2. The van der Waals surface area contributed by atoms with E-state index in [1.54, 1.807) is 0 Å². The van der Waals surface area contributed by atoms with Gasteiger partial charge in [-0.1, -0.05) is 6.58 Å². The SMILES string of the molecule is C=CC(=O)N1CC(C(=O)N2CCC(n3ncc(C(=O)OCC)c3C(F)(F)F)C2)C1. The van der Waals surface area contributed by atoms with E-state index in [1.807, 2.05) is 0 Å². The van der Waals surface area contributed by atoms with Crippen LogP contribution in [-0.4, -0.2) is 70.1 Å². The van der Waals surface area contributed by atoms with Gasteiger partial charge in [0, 0.05) is 26.2 Å². The lowest BCUT2D eigenvalue weighted by Crippen LogP contribution is -2.55. The van der Waals surface area contributed by atoms with Gasteiger partial charge in [-0.3, -0.25) is 14.3 Å². The van der Waals surface area contributed by atoms with Gasteiger partial charge < -0.3 is 14.5 Å². The van der Waals surface area contributed by atoms with Crippen LogP contribution in [0.1, 0.15) is 35.4 Å². The third-order valence-corrected chi connectivity index (χ3v) is 5.10. The number of carbonyl (C=O) groups excluding carboxylic acids is 3. The minimum absolute atomic E-state index is 0.0533. The second kappa shape index (κ2) is 7.88. The van der Waals surface area contributed by atoms with Crippen LogP contribution in [0.15, 0.2) is 18.9 Å². The van der Waals surface area contributed by atoms with E-state index in [0.29, 0.717) is 0 Å². The van der Waals surface area contributed by atoms with Gasteiger partial charge in [-0.15, -0.1) is 0 Å². The Kier molecular flexibility index (Phi) is 5.67. The van der Waals surface area contributed by atoms with Gasteiger partial charge >= 0.3 is 12.1 Å². The van der Waals surface area contributed by atoms with E-state index >= 15 is 0 Å². The van der Waals surface area contributed by atoms with Crippen LogP contribution in [0.5, 0.6) is 0 Å². The Hall–Kier alpha value is -2.85. The molecule has 0 radical (unpaired) electrons. The smallest absolute Gasteiger partial charge is 0.433 e. The number of halogens is 3. The van der Waals surface area contributed by atoms with E-state index < -0.39 is 29.4 Å². The monoisotopic (exact) mass is 414 g/mol. The van der Waals surface area contributed by atoms with Crippen molar-refractivity contribution in [2.24, 2.45) is 5.92 Å². The molecule has 0 bridgehead atoms. The molecule has 3 rings (SSSR count). The van der Waals surface area contributed by atoms with Gasteiger partial charge in [0.15, 0.2) is 5.69 Å². The Morgan fingerprint density at radius 2 is 1.97 bits per heavy atom. The molecule has 0 spiro atoms. The lowest BCUT2D eigenvalue weighted by Gasteiger charge is -2.39. The van der Waals surface area contributed by atoms with Crippen molar-refractivity contribution in [2.45, 2.75) is 25.6 Å². The van der Waals surface area contributed by atoms with E-state index in [9.17, 15) is 27.6 Å². The summed E-state index contributed by atoms with van der Waals surface area (Å²) in [5.41, 5.74) is -1.80. The highest BCUT2D eigenvalue weighted by Crippen LogP contribution is 2.36. The van der Waals surface area contributed by atoms with E-state index in [0.717, 1.165) is 10.9 Å². The lowest BCUT2D eigenvalue weighted by molar-refractivity contribution is -0.145. The average Bonchev–Trinajstić information content (AvgIpc) is 3.26. The largest absolute Gasteiger partial charge is 0.462 e. The zero-order valence-corrected chi connectivity index (χ0v) is 15.8. The molecule has 2 fully saturated rings. The van der Waals surface area contributed by atoms with Crippen molar-refractivity contribution in [1.29, 1.82) is 0 Å². The second-order valence-electron chi connectivity index (χ2n) is 6.94. The third kappa shape index (κ3) is 3.99. The van der Waals surface area contributed by atoms with Crippen LogP contribution in [0.4, 0.5) is 13.2 Å². The molecule has 2 aliphatic rings. The first-order chi connectivity index (χ1) is 13.7. The van der Waals surface area contributed by atoms with E-state index in [4.69, 9.17) is 4.74 Å². The van der Waals surface area contributed by atoms with Gasteiger partial charge in [0.1, 0.15) is 5.56 Å². The molecule has 11 heteroatoms. The normalized spacial score (nSPS) is 19.8. The van der Waals surface area contributed by atoms with Crippen LogP contribution < -0.4 is 0 Å². The molecule has 2 aliphatic heterocycles. The van der Waals surface area contributed by atoms with Crippen LogP contribution >= 0.6 is 0 Å². The number of alkyl halides is 3. The zero-order chi connectivity index (χ0) is 21.3. The molecule has 158 valence electrons. The Morgan fingerprint density at radius 1 is 1.28 bits per heavy atom. The maximum absolute atomic E-state index is 13.6. The van der Waals surface area contributed by atoms with E-state index in [1.165, 1.54) is 22.8 Å². The highest BCUT2D eigenvalue weighted by Gasteiger charge is 2.44. The van der Waals surface area contributed by atoms with Gasteiger partial charge in [-0.05, 0) is 19.4 Å². The zero-order valence-electron chi connectivity index (χ0n) is 15.8. The van der Waals surface area contributed by atoms with Crippen molar-refractivity contribution in [3.05, 3.63) is 30.1 Å². The second-order valence-corrected chi connectivity index (χ2v) is 6.94. The average molecular weight is 414 g/mol. The molecule has 1 atom stereocenters. The molecule has 8 nitrogen and oxygen atoms in total. The Morgan fingerprint density at radius 3 is 2.55 bits per heavy atom. The van der Waals surface area contributed by atoms with Crippen LogP contribution in [0.25, 0.3) is 0 Å². The third-order valence-electron chi connectivity index (χ3n) is 5.10. The summed E-state index contributed by atoms with van der Waals surface area (Å²) in [4.78, 5) is 38.9. The van der Waals surface area contributed by atoms with Gasteiger partial charge in [0.25, 0.3) is 0 Å². The van der Waals surface area contributed by atoms with Crippen LogP contribution in [0.2, 0.25) is 0 Å². The predicted molar refractivity (Wildman–Crippen MR) is 93.7 cm³/mol. The molecule has 2 amide bonds. The molecule has 2 saturated heterocycles. The highest BCUT2D eigenvalue weighted by atomic mass is 19.4. The fraction of sp³-hybridized carbons (Fsp3) is 0.556. The number of hydrogen-bond donors (Lipinski definition) is 0. The van der Waals surface area contributed by atoms with Gasteiger partial charge in [0.2, 0.25) is 11.8 Å². The standard InChI is InChI=1S/C18H21F3N4O4/c1-3-14(26)24-8-11(9-24)16(27)23-6-5-12(10-23)25-15(18(19,20)21)13(7-22-25)17(28)29-4-2/h3,7,11-12H,1,4-6,8-10H2,2H3. The Bertz CT molecular complexity index is 830. The quantitative estimate of drug-likeness (QED) is 0.539. The number of nitrogens with zero attached hydrogens (tertiary/aromatic N) is 4. The summed E-state index contributed by atoms with van der Waals surface area (Å²) < 4.78 is 46.3. The Balaban J connectivity index is 1.72. The van der Waals surface area contributed by atoms with Crippen molar-refractivity contribution >= 4 is 17.8 Å². The first-order valence-corrected chi connectivity index (χ1v) is 9.19. The minimum atomic E-state index is -4.80. The molecule has 1 aromatic heterocycles. The summed E-state index contributed by atoms with van der Waals surface area (Å²) in [5, 5.41) is 3.78. The summed E-state index contributed by atoms with van der Waals surface area (Å²) in [6, 6.07) is -0.704. The number of hydrogen-bond acceptors (Lipinski definition) is 5. The van der Waals surface area contributed by atoms with Crippen molar-refractivity contribution in [3.8, 4) is 0 Å². The van der Waals surface area contributed by atoms with Crippen LogP contribution in [0.3, 0.4) is 0 Å². The molecule has 0 aromatic carbocycles. The summed E-state index contributed by atoms with van der Waals surface area (Å²) in [6.07, 6.45) is -2.49. The first kappa shape index (κ1) is 20.9. The van der Waals surface area contributed by atoms with E-state index in [-0.39, 0.29) is 56.9 Å². The van der Waals surface area contributed by atoms with Crippen molar-refractivity contribution in [3.63, 3.8) is 0 Å². The predicted octanol–water partition coefficient (Wildman–Crippen LogP) is 1.50. The van der Waals surface area contributed by atoms with Crippen molar-refractivity contribution in [2.75, 3.05) is 32.8 Å². The van der Waals surface area contributed by atoms with Crippen molar-refractivity contribution in [1.82, 2.24) is 19.6 Å². The topological polar surface area (TPSA) is 84.7 Å². The minimum Gasteiger partial charge on any atom is -0.462 e. The Labute approximate surface area is 164 Å². The van der Waals surface area contributed by atoms with Gasteiger partial charge in [-0.25, -0.2) is 4.79 Å². The number of ether oxygens (including phenoxy) is 1. The fourth-order valence-corrected chi connectivity index (χ4v) is 3.62. The van der Waals surface area contributed by atoms with E-state index in [2.05, 4.69) is 11.7 Å².